The Morgan fingerprint density at radius 1 is 1.24 bits per heavy atom. The Labute approximate surface area is 224 Å². The topological polar surface area (TPSA) is 83.0 Å². The van der Waals surface area contributed by atoms with E-state index in [2.05, 4.69) is 29.2 Å². The second-order valence-corrected chi connectivity index (χ2v) is 10.1. The van der Waals surface area contributed by atoms with Crippen LogP contribution in [0.25, 0.3) is 11.5 Å². The zero-order valence-corrected chi connectivity index (χ0v) is 22.3. The molecule has 0 spiro atoms. The SMILES string of the molecule is Cc1cc(Cl)ccc1CC(=O)C[C@H](OCC(F)(F)F)c1nnc(-c2cc(CC(C)C)on2)n1C1CC1.Cl. The Balaban J connectivity index is 0.00000380. The van der Waals surface area contributed by atoms with Crippen molar-refractivity contribution in [2.45, 2.75) is 71.2 Å². The molecule has 0 bridgehead atoms. The third kappa shape index (κ3) is 7.78. The molecule has 0 saturated heterocycles. The van der Waals surface area contributed by atoms with Gasteiger partial charge in [0.2, 0.25) is 0 Å². The maximum Gasteiger partial charge on any atom is 0.411 e. The van der Waals surface area contributed by atoms with Gasteiger partial charge >= 0.3 is 6.18 Å². The van der Waals surface area contributed by atoms with Crippen molar-refractivity contribution in [2.75, 3.05) is 6.61 Å². The number of carbonyl (C=O) groups excluding carboxylic acids is 1. The number of ether oxygens (including phenoxy) is 1. The van der Waals surface area contributed by atoms with Crippen LogP contribution in [0.3, 0.4) is 0 Å². The molecule has 7 nitrogen and oxygen atoms in total. The summed E-state index contributed by atoms with van der Waals surface area (Å²) in [7, 11) is 0. The first-order valence-corrected chi connectivity index (χ1v) is 12.2. The van der Waals surface area contributed by atoms with Crippen molar-refractivity contribution in [1.29, 1.82) is 0 Å². The van der Waals surface area contributed by atoms with Gasteiger partial charge in [0.15, 0.2) is 17.3 Å². The number of ketones is 1. The lowest BCUT2D eigenvalue weighted by Gasteiger charge is -2.19. The Morgan fingerprint density at radius 2 is 1.97 bits per heavy atom. The van der Waals surface area contributed by atoms with Gasteiger partial charge < -0.3 is 13.8 Å². The Morgan fingerprint density at radius 3 is 2.59 bits per heavy atom. The first-order chi connectivity index (χ1) is 17.0. The van der Waals surface area contributed by atoms with Crippen LogP contribution in [-0.4, -0.2) is 38.5 Å². The number of Topliss-reactive ketones (excluding diaryl/α,β-unsaturated/α-hetero) is 1. The molecule has 2 aromatic heterocycles. The number of nitrogens with zero attached hydrogens (tertiary/aromatic N) is 4. The number of hydrogen-bond donors (Lipinski definition) is 0. The fraction of sp³-hybridized carbons (Fsp3) is 0.520. The molecule has 1 aromatic carbocycles. The molecule has 0 radical (unpaired) electrons. The summed E-state index contributed by atoms with van der Waals surface area (Å²) in [6.45, 7) is 4.43. The van der Waals surface area contributed by atoms with Crippen LogP contribution in [0.15, 0.2) is 28.8 Å². The van der Waals surface area contributed by atoms with E-state index in [-0.39, 0.29) is 42.9 Å². The number of halogens is 5. The highest BCUT2D eigenvalue weighted by molar-refractivity contribution is 6.30. The van der Waals surface area contributed by atoms with Crippen molar-refractivity contribution < 1.29 is 27.2 Å². The van der Waals surface area contributed by atoms with E-state index >= 15 is 0 Å². The van der Waals surface area contributed by atoms with Gasteiger partial charge in [-0.05, 0) is 48.9 Å². The van der Waals surface area contributed by atoms with Crippen LogP contribution in [0.1, 0.15) is 68.0 Å². The molecule has 202 valence electrons. The molecule has 1 fully saturated rings. The predicted octanol–water partition coefficient (Wildman–Crippen LogP) is 6.67. The van der Waals surface area contributed by atoms with Crippen LogP contribution in [0.4, 0.5) is 13.2 Å². The molecule has 0 unspecified atom stereocenters. The smallest absolute Gasteiger partial charge is 0.361 e. The molecular formula is C25H29Cl2F3N4O3. The van der Waals surface area contributed by atoms with Gasteiger partial charge in [-0.1, -0.05) is 36.7 Å². The predicted molar refractivity (Wildman–Crippen MR) is 134 cm³/mol. The third-order valence-electron chi connectivity index (χ3n) is 5.87. The van der Waals surface area contributed by atoms with Crippen LogP contribution in [0.5, 0.6) is 0 Å². The van der Waals surface area contributed by atoms with E-state index in [9.17, 15) is 18.0 Å². The lowest BCUT2D eigenvalue weighted by Crippen LogP contribution is -2.23. The standard InChI is InChI=1S/C25H28ClF3N4O3.ClH/c1-14(2)8-20-12-21(32-36-20)23-30-31-24(33(23)18-6-7-18)22(35-13-25(27,28)29)11-19(34)10-16-4-5-17(26)9-15(16)3;/h4-5,9,12,14,18,22H,6-8,10-11,13H2,1-3H3;1H/t22-;/m0./s1. The number of aromatic nitrogens is 4. The summed E-state index contributed by atoms with van der Waals surface area (Å²) < 4.78 is 51.6. The normalized spacial score (nSPS) is 14.6. The second kappa shape index (κ2) is 12.0. The number of aryl methyl sites for hydroxylation is 1. The summed E-state index contributed by atoms with van der Waals surface area (Å²) in [5, 5.41) is 13.1. The highest BCUT2D eigenvalue weighted by Gasteiger charge is 2.37. The van der Waals surface area contributed by atoms with Crippen LogP contribution in [0, 0.1) is 12.8 Å². The lowest BCUT2D eigenvalue weighted by atomic mass is 10.0. The number of hydrogen-bond acceptors (Lipinski definition) is 6. The van der Waals surface area contributed by atoms with Crippen molar-refractivity contribution in [3.05, 3.63) is 52.0 Å². The summed E-state index contributed by atoms with van der Waals surface area (Å²) in [4.78, 5) is 13.0. The van der Waals surface area contributed by atoms with E-state index in [0.717, 1.165) is 24.0 Å². The molecule has 1 atom stereocenters. The average molecular weight is 561 g/mol. The summed E-state index contributed by atoms with van der Waals surface area (Å²) >= 11 is 5.99. The summed E-state index contributed by atoms with van der Waals surface area (Å²) in [5.74, 6) is 1.35. The molecule has 12 heteroatoms. The Kier molecular flexibility index (Phi) is 9.42. The van der Waals surface area contributed by atoms with Crippen LogP contribution in [-0.2, 0) is 22.4 Å². The van der Waals surface area contributed by atoms with Gasteiger partial charge in [0.05, 0.1) is 0 Å². The van der Waals surface area contributed by atoms with Gasteiger partial charge in [-0.25, -0.2) is 0 Å². The van der Waals surface area contributed by atoms with E-state index in [4.69, 9.17) is 20.9 Å². The number of alkyl halides is 3. The van der Waals surface area contributed by atoms with Gasteiger partial charge in [-0.3, -0.25) is 4.79 Å². The van der Waals surface area contributed by atoms with Gasteiger partial charge in [0.25, 0.3) is 0 Å². The first-order valence-electron chi connectivity index (χ1n) is 11.9. The van der Waals surface area contributed by atoms with Crippen molar-refractivity contribution in [2.24, 2.45) is 5.92 Å². The Hall–Kier alpha value is -2.43. The molecule has 0 amide bonds. The minimum Gasteiger partial charge on any atom is -0.361 e. The first kappa shape index (κ1) is 29.1. The van der Waals surface area contributed by atoms with Crippen LogP contribution in [0.2, 0.25) is 5.02 Å². The van der Waals surface area contributed by atoms with Gasteiger partial charge in [0.1, 0.15) is 24.3 Å². The zero-order chi connectivity index (χ0) is 26.0. The number of benzene rings is 1. The quantitative estimate of drug-likeness (QED) is 0.260. The van der Waals surface area contributed by atoms with Crippen molar-refractivity contribution in [1.82, 2.24) is 19.9 Å². The summed E-state index contributed by atoms with van der Waals surface area (Å²) in [5.41, 5.74) is 2.04. The molecule has 0 aliphatic heterocycles. The molecule has 4 rings (SSSR count). The van der Waals surface area contributed by atoms with E-state index < -0.39 is 18.9 Å². The molecule has 1 aliphatic carbocycles. The fourth-order valence-corrected chi connectivity index (χ4v) is 4.30. The highest BCUT2D eigenvalue weighted by atomic mass is 35.5. The second-order valence-electron chi connectivity index (χ2n) is 9.66. The van der Waals surface area contributed by atoms with Gasteiger partial charge in [-0.2, -0.15) is 13.2 Å². The molecule has 37 heavy (non-hydrogen) atoms. The zero-order valence-electron chi connectivity index (χ0n) is 20.7. The van der Waals surface area contributed by atoms with Crippen molar-refractivity contribution in [3.63, 3.8) is 0 Å². The highest BCUT2D eigenvalue weighted by Crippen LogP contribution is 2.41. The third-order valence-corrected chi connectivity index (χ3v) is 6.11. The Bertz CT molecular complexity index is 1220. The maximum atomic E-state index is 13.1. The molecule has 0 N–H and O–H groups in total. The fourth-order valence-electron chi connectivity index (χ4n) is 4.08. The van der Waals surface area contributed by atoms with Gasteiger partial charge in [-0.15, -0.1) is 22.6 Å². The number of rotatable bonds is 11. The summed E-state index contributed by atoms with van der Waals surface area (Å²) in [6.07, 6.45) is -3.68. The minimum atomic E-state index is -4.56. The molecule has 1 saturated carbocycles. The van der Waals surface area contributed by atoms with E-state index in [1.54, 1.807) is 28.8 Å². The molecular weight excluding hydrogens is 532 g/mol. The minimum absolute atomic E-state index is 0. The average Bonchev–Trinajstić information content (AvgIpc) is 3.35. The molecule has 3 aromatic rings. The summed E-state index contributed by atoms with van der Waals surface area (Å²) in [6, 6.07) is 6.93. The maximum absolute atomic E-state index is 13.1. The van der Waals surface area contributed by atoms with E-state index in [0.29, 0.717) is 34.6 Å². The van der Waals surface area contributed by atoms with E-state index in [1.807, 2.05) is 6.92 Å². The lowest BCUT2D eigenvalue weighted by molar-refractivity contribution is -0.188. The monoisotopic (exact) mass is 560 g/mol. The number of carbonyl (C=O) groups is 1. The van der Waals surface area contributed by atoms with Crippen molar-refractivity contribution in [3.8, 4) is 11.5 Å². The van der Waals surface area contributed by atoms with Crippen molar-refractivity contribution >= 4 is 29.8 Å². The van der Waals surface area contributed by atoms with E-state index in [1.165, 1.54) is 0 Å². The molecule has 1 aliphatic rings. The van der Waals surface area contributed by atoms with Crippen LogP contribution < -0.4 is 0 Å². The van der Waals surface area contributed by atoms with Gasteiger partial charge in [0, 0.05) is 36.4 Å². The molecule has 2 heterocycles. The van der Waals surface area contributed by atoms with Crippen LogP contribution >= 0.6 is 24.0 Å². The largest absolute Gasteiger partial charge is 0.411 e.